The summed E-state index contributed by atoms with van der Waals surface area (Å²) < 4.78 is 4.82. The molecule has 0 amide bonds. The molecular formula is C12H15NO2. The number of ether oxygens (including phenoxy) is 1. The van der Waals surface area contributed by atoms with E-state index in [1.54, 1.807) is 48.5 Å². The lowest BCUT2D eigenvalue weighted by Crippen LogP contribution is -1.97. The molecule has 1 atom stereocenters. The average molecular weight is 205 g/mol. The fraction of sp³-hybridized carbons (Fsp3) is 0.167. The normalized spacial score (nSPS) is 11.6. The molecule has 3 heteroatoms. The zero-order valence-corrected chi connectivity index (χ0v) is 8.63. The fourth-order valence-corrected chi connectivity index (χ4v) is 1.08. The summed E-state index contributed by atoms with van der Waals surface area (Å²) in [6.45, 7) is 0. The van der Waals surface area contributed by atoms with E-state index in [1.807, 2.05) is 0 Å². The summed E-state index contributed by atoms with van der Waals surface area (Å²) in [7, 11) is 1.45. The van der Waals surface area contributed by atoms with E-state index in [2.05, 4.69) is 0 Å². The predicted octanol–water partition coefficient (Wildman–Crippen LogP) is 2.03. The first-order valence-electron chi connectivity index (χ1n) is 4.63. The highest BCUT2D eigenvalue weighted by Crippen LogP contribution is 2.10. The van der Waals surface area contributed by atoms with Gasteiger partial charge in [-0.2, -0.15) is 0 Å². The lowest BCUT2D eigenvalue weighted by molar-refractivity contribution is -0.0768. The summed E-state index contributed by atoms with van der Waals surface area (Å²) in [4.78, 5) is 0. The second-order valence-electron chi connectivity index (χ2n) is 3.02. The molecule has 0 saturated heterocycles. The van der Waals surface area contributed by atoms with Gasteiger partial charge >= 0.3 is 0 Å². The summed E-state index contributed by atoms with van der Waals surface area (Å²) in [6, 6.07) is 14.3. The number of nitrogen functional groups attached to an aromatic ring is 1. The van der Waals surface area contributed by atoms with Crippen molar-refractivity contribution in [1.82, 2.24) is 0 Å². The highest BCUT2D eigenvalue weighted by Gasteiger charge is 2.00. The molecule has 0 aliphatic heterocycles. The highest BCUT2D eigenvalue weighted by molar-refractivity contribution is 5.34. The number of nitrogens with two attached hydrogens (primary N) is 1. The smallest absolute Gasteiger partial charge is 0.180 e. The van der Waals surface area contributed by atoms with Crippen LogP contribution in [0.4, 0.5) is 5.69 Å². The van der Waals surface area contributed by atoms with Crippen molar-refractivity contribution in [1.29, 1.82) is 0 Å². The zero-order valence-electron chi connectivity index (χ0n) is 8.63. The van der Waals surface area contributed by atoms with Gasteiger partial charge in [-0.15, -0.1) is 0 Å². The van der Waals surface area contributed by atoms with Gasteiger partial charge in [-0.25, -0.2) is 0 Å². The SMILES string of the molecule is COC(O)c1ccccc(N)cccc1. The number of rotatable bonds is 2. The van der Waals surface area contributed by atoms with Crippen molar-refractivity contribution >= 4 is 5.69 Å². The van der Waals surface area contributed by atoms with Crippen LogP contribution in [0.2, 0.25) is 0 Å². The van der Waals surface area contributed by atoms with E-state index >= 15 is 0 Å². The minimum absolute atomic E-state index is 0.681. The summed E-state index contributed by atoms with van der Waals surface area (Å²) >= 11 is 0. The van der Waals surface area contributed by atoms with Crippen LogP contribution in [0.1, 0.15) is 11.9 Å². The summed E-state index contributed by atoms with van der Waals surface area (Å²) in [6.07, 6.45) is -0.903. The second-order valence-corrected chi connectivity index (χ2v) is 3.02. The molecule has 0 fully saturated rings. The molecule has 0 aliphatic rings. The van der Waals surface area contributed by atoms with Gasteiger partial charge in [-0.05, 0) is 12.1 Å². The minimum atomic E-state index is -0.903. The number of methoxy groups -OCH3 is 1. The van der Waals surface area contributed by atoms with Crippen molar-refractivity contribution < 1.29 is 9.84 Å². The minimum Gasteiger partial charge on any atom is -0.399 e. The molecule has 0 aromatic heterocycles. The van der Waals surface area contributed by atoms with Crippen LogP contribution in [0.25, 0.3) is 0 Å². The molecule has 0 heterocycles. The molecule has 1 aromatic rings. The molecule has 3 N–H and O–H groups in total. The summed E-state index contributed by atoms with van der Waals surface area (Å²) in [5, 5.41) is 9.47. The topological polar surface area (TPSA) is 55.5 Å². The van der Waals surface area contributed by atoms with Gasteiger partial charge in [0.1, 0.15) is 0 Å². The van der Waals surface area contributed by atoms with E-state index in [1.165, 1.54) is 7.11 Å². The molecule has 1 unspecified atom stereocenters. The maximum atomic E-state index is 9.47. The quantitative estimate of drug-likeness (QED) is 0.726. The van der Waals surface area contributed by atoms with Crippen LogP contribution in [0.3, 0.4) is 0 Å². The van der Waals surface area contributed by atoms with Gasteiger partial charge in [0, 0.05) is 18.4 Å². The number of aliphatic hydroxyl groups is 1. The van der Waals surface area contributed by atoms with Crippen LogP contribution >= 0.6 is 0 Å². The van der Waals surface area contributed by atoms with E-state index in [-0.39, 0.29) is 0 Å². The number of anilines is 1. The maximum Gasteiger partial charge on any atom is 0.180 e. The first kappa shape index (κ1) is 11.5. The third-order valence-corrected chi connectivity index (χ3v) is 1.89. The van der Waals surface area contributed by atoms with Crippen molar-refractivity contribution in [2.75, 3.05) is 12.8 Å². The molecule has 15 heavy (non-hydrogen) atoms. The Morgan fingerprint density at radius 2 is 1.53 bits per heavy atom. The first-order chi connectivity index (χ1) is 7.24. The number of hydrogen-bond donors (Lipinski definition) is 2. The molecule has 0 radical (unpaired) electrons. The molecular weight excluding hydrogens is 190 g/mol. The Bertz CT molecular complexity index is 337. The third kappa shape index (κ3) is 3.97. The molecule has 0 spiro atoms. The Labute approximate surface area is 89.5 Å². The van der Waals surface area contributed by atoms with E-state index in [0.717, 1.165) is 0 Å². The standard InChI is InChI=1S/C12H15NO2/c1-15-12(14)10-6-2-4-8-11(13)9-5-3-7-10/h2-9,12,14H,13H2,1H3. The van der Waals surface area contributed by atoms with E-state index in [0.29, 0.717) is 11.3 Å². The predicted molar refractivity (Wildman–Crippen MR) is 60.5 cm³/mol. The Kier molecular flexibility index (Phi) is 4.60. The van der Waals surface area contributed by atoms with Crippen LogP contribution < -0.4 is 5.73 Å². The van der Waals surface area contributed by atoms with Crippen molar-refractivity contribution in [3.63, 3.8) is 0 Å². The molecule has 80 valence electrons. The average Bonchev–Trinajstić information content (AvgIpc) is 2.26. The van der Waals surface area contributed by atoms with Gasteiger partial charge in [-0.3, -0.25) is 0 Å². The van der Waals surface area contributed by atoms with Crippen LogP contribution in [0.15, 0.2) is 48.5 Å². The van der Waals surface area contributed by atoms with Crippen LogP contribution in [0, 0.1) is 0 Å². The lowest BCUT2D eigenvalue weighted by atomic mass is 10.2. The summed E-state index contributed by atoms with van der Waals surface area (Å²) in [5.41, 5.74) is 7.01. The van der Waals surface area contributed by atoms with Crippen LogP contribution in [-0.4, -0.2) is 12.2 Å². The number of aliphatic hydroxyl groups excluding tert-OH is 1. The highest BCUT2D eigenvalue weighted by atomic mass is 16.6. The Morgan fingerprint density at radius 1 is 1.07 bits per heavy atom. The third-order valence-electron chi connectivity index (χ3n) is 1.89. The van der Waals surface area contributed by atoms with Gasteiger partial charge < -0.3 is 15.6 Å². The Hall–Kier alpha value is -1.58. The molecule has 0 bridgehead atoms. The van der Waals surface area contributed by atoms with Gasteiger partial charge in [0.25, 0.3) is 0 Å². The van der Waals surface area contributed by atoms with Crippen molar-refractivity contribution in [3.05, 3.63) is 54.1 Å². The Balaban J connectivity index is 3.12. The lowest BCUT2D eigenvalue weighted by Gasteiger charge is -2.05. The van der Waals surface area contributed by atoms with E-state index in [9.17, 15) is 5.11 Å². The van der Waals surface area contributed by atoms with Crippen LogP contribution in [-0.2, 0) is 4.74 Å². The van der Waals surface area contributed by atoms with Gasteiger partial charge in [0.2, 0.25) is 0 Å². The van der Waals surface area contributed by atoms with Crippen molar-refractivity contribution in [2.45, 2.75) is 6.29 Å². The van der Waals surface area contributed by atoms with Crippen molar-refractivity contribution in [3.8, 4) is 0 Å². The molecule has 1 aromatic carbocycles. The first-order valence-corrected chi connectivity index (χ1v) is 4.63. The second kappa shape index (κ2) is 6.01. The zero-order chi connectivity index (χ0) is 11.1. The fourth-order valence-electron chi connectivity index (χ4n) is 1.08. The van der Waals surface area contributed by atoms with Crippen LogP contribution in [0.5, 0.6) is 0 Å². The largest absolute Gasteiger partial charge is 0.399 e. The van der Waals surface area contributed by atoms with Crippen molar-refractivity contribution in [2.24, 2.45) is 0 Å². The van der Waals surface area contributed by atoms with Gasteiger partial charge in [-0.1, -0.05) is 36.4 Å². The van der Waals surface area contributed by atoms with E-state index < -0.39 is 6.29 Å². The number of hydrogen-bond acceptors (Lipinski definition) is 3. The molecule has 0 saturated carbocycles. The Morgan fingerprint density at radius 3 is 2.00 bits per heavy atom. The van der Waals surface area contributed by atoms with E-state index in [4.69, 9.17) is 10.5 Å². The molecule has 3 nitrogen and oxygen atoms in total. The monoisotopic (exact) mass is 205 g/mol. The molecule has 0 aliphatic carbocycles. The van der Waals surface area contributed by atoms with Gasteiger partial charge in [0.15, 0.2) is 6.29 Å². The maximum absolute atomic E-state index is 9.47. The molecule has 1 rings (SSSR count). The summed E-state index contributed by atoms with van der Waals surface area (Å²) in [5.74, 6) is 0. The van der Waals surface area contributed by atoms with Gasteiger partial charge in [0.05, 0.1) is 0 Å².